The minimum absolute atomic E-state index is 0.367. The molecule has 0 fully saturated rings. The molecule has 0 radical (unpaired) electrons. The summed E-state index contributed by atoms with van der Waals surface area (Å²) in [6.45, 7) is 5.32. The maximum Gasteiger partial charge on any atom is 0.0346 e. The Labute approximate surface area is 125 Å². The lowest BCUT2D eigenvalue weighted by Gasteiger charge is -2.14. The van der Waals surface area contributed by atoms with Crippen LogP contribution < -0.4 is 5.32 Å². The Balaban J connectivity index is 2.09. The number of nitrogens with one attached hydrogen (secondary N) is 1. The van der Waals surface area contributed by atoms with Gasteiger partial charge in [0.25, 0.3) is 0 Å². The molecular weight excluding hydrogens is 256 g/mol. The zero-order valence-electron chi connectivity index (χ0n) is 12.5. The topological polar surface area (TPSA) is 24.9 Å². The highest BCUT2D eigenvalue weighted by molar-refractivity contribution is 5.96. The summed E-state index contributed by atoms with van der Waals surface area (Å²) in [6, 6.07) is 17.6. The summed E-state index contributed by atoms with van der Waals surface area (Å²) >= 11 is 0. The summed E-state index contributed by atoms with van der Waals surface area (Å²) < 4.78 is 0. The Bertz CT molecular complexity index is 744. The average molecular weight is 276 g/mol. The molecule has 0 spiro atoms. The fourth-order valence-electron chi connectivity index (χ4n) is 2.77. The number of nitrogens with zero attached hydrogens (tertiary/aromatic N) is 1. The first-order valence-electron chi connectivity index (χ1n) is 7.46. The van der Waals surface area contributed by atoms with Gasteiger partial charge in [-0.3, -0.25) is 4.98 Å². The maximum absolute atomic E-state index is 4.21. The Morgan fingerprint density at radius 2 is 1.95 bits per heavy atom. The first kappa shape index (κ1) is 13.8. The number of fused-ring (bicyclic) bond motifs is 1. The molecule has 2 aromatic carbocycles. The van der Waals surface area contributed by atoms with Gasteiger partial charge in [-0.05, 0) is 47.7 Å². The molecule has 1 unspecified atom stereocenters. The predicted octanol–water partition coefficient (Wildman–Crippen LogP) is 4.57. The fraction of sp³-hybridized carbons (Fsp3) is 0.211. The van der Waals surface area contributed by atoms with Gasteiger partial charge in [-0.25, -0.2) is 0 Å². The Hall–Kier alpha value is -2.19. The molecular formula is C19H20N2. The van der Waals surface area contributed by atoms with E-state index in [1.54, 1.807) is 0 Å². The first-order chi connectivity index (χ1) is 10.3. The van der Waals surface area contributed by atoms with Crippen LogP contribution in [0.4, 0.5) is 0 Å². The van der Waals surface area contributed by atoms with Crippen LogP contribution in [0.1, 0.15) is 25.5 Å². The van der Waals surface area contributed by atoms with E-state index in [0.29, 0.717) is 6.04 Å². The van der Waals surface area contributed by atoms with Crippen molar-refractivity contribution in [2.45, 2.75) is 19.9 Å². The maximum atomic E-state index is 4.21. The minimum atomic E-state index is 0.367. The van der Waals surface area contributed by atoms with E-state index in [1.165, 1.54) is 27.5 Å². The lowest BCUT2D eigenvalue weighted by atomic mass is 9.96. The summed E-state index contributed by atoms with van der Waals surface area (Å²) in [5.41, 5.74) is 3.84. The smallest absolute Gasteiger partial charge is 0.0346 e. The lowest BCUT2D eigenvalue weighted by molar-refractivity contribution is 0.598. The predicted molar refractivity (Wildman–Crippen MR) is 89.3 cm³/mol. The van der Waals surface area contributed by atoms with Crippen molar-refractivity contribution < 1.29 is 0 Å². The van der Waals surface area contributed by atoms with E-state index in [2.05, 4.69) is 72.7 Å². The molecule has 2 heteroatoms. The summed E-state index contributed by atoms with van der Waals surface area (Å²) in [6.07, 6.45) is 3.78. The molecule has 0 aliphatic rings. The third-order valence-electron chi connectivity index (χ3n) is 3.89. The second kappa shape index (κ2) is 6.06. The zero-order valence-corrected chi connectivity index (χ0v) is 12.5. The quantitative estimate of drug-likeness (QED) is 0.755. The van der Waals surface area contributed by atoms with Crippen LogP contribution in [0.2, 0.25) is 0 Å². The van der Waals surface area contributed by atoms with Crippen LogP contribution in [-0.2, 0) is 0 Å². The summed E-state index contributed by atoms with van der Waals surface area (Å²) in [5.74, 6) is 0. The number of benzene rings is 2. The van der Waals surface area contributed by atoms with Crippen molar-refractivity contribution >= 4 is 10.8 Å². The summed E-state index contributed by atoms with van der Waals surface area (Å²) in [7, 11) is 0. The molecule has 1 N–H and O–H groups in total. The van der Waals surface area contributed by atoms with E-state index in [4.69, 9.17) is 0 Å². The molecule has 3 aromatic rings. The number of aromatic nitrogens is 1. The van der Waals surface area contributed by atoms with Gasteiger partial charge < -0.3 is 5.32 Å². The highest BCUT2D eigenvalue weighted by atomic mass is 14.9. The molecule has 0 amide bonds. The van der Waals surface area contributed by atoms with Crippen LogP contribution in [0.3, 0.4) is 0 Å². The number of pyridine rings is 1. The van der Waals surface area contributed by atoms with Crippen molar-refractivity contribution in [3.63, 3.8) is 0 Å². The second-order valence-corrected chi connectivity index (χ2v) is 5.31. The van der Waals surface area contributed by atoms with Crippen molar-refractivity contribution in [3.8, 4) is 11.1 Å². The Morgan fingerprint density at radius 1 is 1.10 bits per heavy atom. The lowest BCUT2D eigenvalue weighted by Crippen LogP contribution is -2.17. The van der Waals surface area contributed by atoms with Gasteiger partial charge in [0.2, 0.25) is 0 Å². The van der Waals surface area contributed by atoms with E-state index in [1.807, 2.05) is 12.4 Å². The molecule has 0 saturated carbocycles. The molecule has 2 nitrogen and oxygen atoms in total. The molecule has 0 saturated heterocycles. The zero-order chi connectivity index (χ0) is 14.7. The van der Waals surface area contributed by atoms with Crippen LogP contribution in [0.25, 0.3) is 21.9 Å². The number of hydrogen-bond donors (Lipinski definition) is 1. The van der Waals surface area contributed by atoms with Crippen LogP contribution in [0.5, 0.6) is 0 Å². The molecule has 0 aliphatic carbocycles. The van der Waals surface area contributed by atoms with E-state index in [9.17, 15) is 0 Å². The van der Waals surface area contributed by atoms with Gasteiger partial charge in [-0.15, -0.1) is 0 Å². The van der Waals surface area contributed by atoms with Crippen molar-refractivity contribution in [1.82, 2.24) is 10.3 Å². The molecule has 0 bridgehead atoms. The summed E-state index contributed by atoms with van der Waals surface area (Å²) in [4.78, 5) is 4.21. The van der Waals surface area contributed by atoms with Gasteiger partial charge >= 0.3 is 0 Å². The molecule has 21 heavy (non-hydrogen) atoms. The molecule has 0 aliphatic heterocycles. The van der Waals surface area contributed by atoms with E-state index in [0.717, 1.165) is 6.54 Å². The molecule has 3 rings (SSSR count). The van der Waals surface area contributed by atoms with E-state index in [-0.39, 0.29) is 0 Å². The standard InChI is InChI=1S/C19H20N2/c1-3-21-14(2)15-6-4-7-16(12-15)18-9-5-8-17-13-20-11-10-19(17)18/h4-14,21H,3H2,1-2H3. The largest absolute Gasteiger partial charge is 0.310 e. The average Bonchev–Trinajstić information content (AvgIpc) is 2.55. The van der Waals surface area contributed by atoms with Crippen LogP contribution in [0, 0.1) is 0 Å². The van der Waals surface area contributed by atoms with Gasteiger partial charge in [0.15, 0.2) is 0 Å². The van der Waals surface area contributed by atoms with E-state index < -0.39 is 0 Å². The minimum Gasteiger partial charge on any atom is -0.310 e. The third-order valence-corrected chi connectivity index (χ3v) is 3.89. The van der Waals surface area contributed by atoms with Crippen molar-refractivity contribution in [2.75, 3.05) is 6.54 Å². The third kappa shape index (κ3) is 2.81. The van der Waals surface area contributed by atoms with Gasteiger partial charge in [-0.1, -0.05) is 43.3 Å². The highest BCUT2D eigenvalue weighted by Gasteiger charge is 2.07. The molecule has 1 heterocycles. The van der Waals surface area contributed by atoms with Crippen LogP contribution >= 0.6 is 0 Å². The van der Waals surface area contributed by atoms with Crippen LogP contribution in [-0.4, -0.2) is 11.5 Å². The fourth-order valence-corrected chi connectivity index (χ4v) is 2.77. The Morgan fingerprint density at radius 3 is 2.81 bits per heavy atom. The van der Waals surface area contributed by atoms with Crippen molar-refractivity contribution in [2.24, 2.45) is 0 Å². The van der Waals surface area contributed by atoms with Gasteiger partial charge in [0.05, 0.1) is 0 Å². The van der Waals surface area contributed by atoms with Gasteiger partial charge in [0.1, 0.15) is 0 Å². The van der Waals surface area contributed by atoms with Gasteiger partial charge in [-0.2, -0.15) is 0 Å². The number of rotatable bonds is 4. The monoisotopic (exact) mass is 276 g/mol. The van der Waals surface area contributed by atoms with E-state index >= 15 is 0 Å². The van der Waals surface area contributed by atoms with Crippen LogP contribution in [0.15, 0.2) is 60.9 Å². The van der Waals surface area contributed by atoms with Gasteiger partial charge in [0, 0.05) is 23.8 Å². The van der Waals surface area contributed by atoms with Crippen molar-refractivity contribution in [1.29, 1.82) is 0 Å². The molecule has 1 atom stereocenters. The summed E-state index contributed by atoms with van der Waals surface area (Å²) in [5, 5.41) is 5.90. The molecule has 1 aromatic heterocycles. The SMILES string of the molecule is CCNC(C)c1cccc(-c2cccc3cnccc23)c1. The highest BCUT2D eigenvalue weighted by Crippen LogP contribution is 2.29. The molecule has 106 valence electrons. The second-order valence-electron chi connectivity index (χ2n) is 5.31. The Kier molecular flexibility index (Phi) is 3.98. The first-order valence-corrected chi connectivity index (χ1v) is 7.46. The van der Waals surface area contributed by atoms with Crippen molar-refractivity contribution in [3.05, 3.63) is 66.5 Å². The normalized spacial score (nSPS) is 12.5. The number of hydrogen-bond acceptors (Lipinski definition) is 2.